The van der Waals surface area contributed by atoms with Crippen molar-refractivity contribution in [1.82, 2.24) is 0 Å². The molecule has 156 valence electrons. The fourth-order valence-electron chi connectivity index (χ4n) is 7.56. The van der Waals surface area contributed by atoms with Gasteiger partial charge in [-0.15, -0.1) is 0 Å². The number of aliphatic hydroxyl groups is 2. The summed E-state index contributed by atoms with van der Waals surface area (Å²) in [7, 11) is 0. The molecule has 28 heavy (non-hydrogen) atoms. The van der Waals surface area contributed by atoms with E-state index >= 15 is 0 Å². The van der Waals surface area contributed by atoms with Crippen molar-refractivity contribution in [2.45, 2.75) is 90.4 Å². The molecule has 2 N–H and O–H groups in total. The van der Waals surface area contributed by atoms with Gasteiger partial charge in [-0.05, 0) is 62.7 Å². The van der Waals surface area contributed by atoms with E-state index < -0.39 is 17.1 Å². The molecular formula is C23H34O5. The third-order valence-corrected chi connectivity index (χ3v) is 9.17. The quantitative estimate of drug-likeness (QED) is 0.559. The van der Waals surface area contributed by atoms with Crippen LogP contribution >= 0.6 is 0 Å². The molecule has 5 heteroatoms. The Balaban J connectivity index is 1.68. The second-order valence-electron chi connectivity index (χ2n) is 10.2. The molecule has 0 aromatic rings. The number of Topliss-reactive ketones (excluding diaryl/α,β-unsaturated/α-hetero) is 1. The van der Waals surface area contributed by atoms with Crippen LogP contribution in [0.3, 0.4) is 0 Å². The minimum absolute atomic E-state index is 0.0595. The Bertz CT molecular complexity index is 729. The van der Waals surface area contributed by atoms with Gasteiger partial charge in [0.05, 0.1) is 11.7 Å². The Morgan fingerprint density at radius 1 is 1.14 bits per heavy atom. The molecule has 0 bridgehead atoms. The highest BCUT2D eigenvalue weighted by atomic mass is 16.5. The predicted molar refractivity (Wildman–Crippen MR) is 104 cm³/mol. The van der Waals surface area contributed by atoms with E-state index in [1.54, 1.807) is 6.92 Å². The first kappa shape index (κ1) is 20.1. The van der Waals surface area contributed by atoms with E-state index in [0.29, 0.717) is 19.3 Å². The van der Waals surface area contributed by atoms with E-state index in [-0.39, 0.29) is 41.0 Å². The molecule has 4 rings (SSSR count). The maximum absolute atomic E-state index is 12.3. The Kier molecular flexibility index (Phi) is 4.59. The number of hydrogen-bond donors (Lipinski definition) is 2. The molecule has 0 aliphatic heterocycles. The smallest absolute Gasteiger partial charge is 0.302 e. The number of fused-ring (bicyclic) bond motifs is 5. The molecule has 0 saturated heterocycles. The molecule has 0 aromatic heterocycles. The van der Waals surface area contributed by atoms with Crippen LogP contribution < -0.4 is 0 Å². The van der Waals surface area contributed by atoms with Gasteiger partial charge in [0.25, 0.3) is 0 Å². The molecule has 3 fully saturated rings. The zero-order chi connectivity index (χ0) is 20.5. The third kappa shape index (κ3) is 2.51. The summed E-state index contributed by atoms with van der Waals surface area (Å²) in [6.07, 6.45) is 6.61. The van der Waals surface area contributed by atoms with Crippen LogP contribution in [0.4, 0.5) is 0 Å². The lowest BCUT2D eigenvalue weighted by molar-refractivity contribution is -0.224. The molecule has 4 aliphatic carbocycles. The maximum atomic E-state index is 12.3. The number of hydrogen-bond acceptors (Lipinski definition) is 5. The molecule has 8 atom stereocenters. The second kappa shape index (κ2) is 6.40. The van der Waals surface area contributed by atoms with E-state index in [0.717, 1.165) is 25.7 Å². The highest BCUT2D eigenvalue weighted by Crippen LogP contribution is 2.68. The summed E-state index contributed by atoms with van der Waals surface area (Å²) >= 11 is 0. The fraction of sp³-hybridized carbons (Fsp3) is 0.826. The summed E-state index contributed by atoms with van der Waals surface area (Å²) in [5.74, 6) is -0.182. The van der Waals surface area contributed by atoms with Gasteiger partial charge in [0.2, 0.25) is 0 Å². The van der Waals surface area contributed by atoms with Gasteiger partial charge in [-0.3, -0.25) is 9.59 Å². The van der Waals surface area contributed by atoms with Crippen molar-refractivity contribution in [2.24, 2.45) is 28.6 Å². The van der Waals surface area contributed by atoms with Gasteiger partial charge in [-0.1, -0.05) is 25.5 Å². The van der Waals surface area contributed by atoms with Crippen LogP contribution in [0, 0.1) is 28.6 Å². The van der Waals surface area contributed by atoms with Crippen molar-refractivity contribution in [3.05, 3.63) is 11.6 Å². The zero-order valence-electron chi connectivity index (χ0n) is 17.5. The minimum Gasteiger partial charge on any atom is -0.462 e. The fourth-order valence-corrected chi connectivity index (χ4v) is 7.56. The average molecular weight is 391 g/mol. The Labute approximate surface area is 167 Å². The van der Waals surface area contributed by atoms with Gasteiger partial charge >= 0.3 is 5.97 Å². The van der Waals surface area contributed by atoms with Crippen molar-refractivity contribution >= 4 is 11.8 Å². The monoisotopic (exact) mass is 390 g/mol. The van der Waals surface area contributed by atoms with Crippen molar-refractivity contribution in [1.29, 1.82) is 0 Å². The van der Waals surface area contributed by atoms with Gasteiger partial charge < -0.3 is 14.9 Å². The standard InChI is InChI=1S/C23H34O5/c1-13(24)17-8-10-23(27)18-6-5-15-11-16(28-14(2)25)7-9-21(15,3)19(18)12-20(26)22(17,23)4/h5,16-20,26-27H,6-12H2,1-4H3. The lowest BCUT2D eigenvalue weighted by Gasteiger charge is -2.62. The lowest BCUT2D eigenvalue weighted by atomic mass is 9.45. The molecule has 0 radical (unpaired) electrons. The van der Waals surface area contributed by atoms with E-state index in [2.05, 4.69) is 13.0 Å². The van der Waals surface area contributed by atoms with Gasteiger partial charge in [-0.2, -0.15) is 0 Å². The SMILES string of the molecule is CC(=O)OC1CCC2(C)C(=CCC3C2CC(O)C2(C)C(C(C)=O)CCC32O)C1. The van der Waals surface area contributed by atoms with Crippen LogP contribution in [0.2, 0.25) is 0 Å². The van der Waals surface area contributed by atoms with Crippen molar-refractivity contribution in [3.63, 3.8) is 0 Å². The normalized spacial score (nSPS) is 50.1. The number of rotatable bonds is 2. The molecule has 8 unspecified atom stereocenters. The highest BCUT2D eigenvalue weighted by molar-refractivity contribution is 5.80. The topological polar surface area (TPSA) is 83.8 Å². The lowest BCUT2D eigenvalue weighted by Crippen LogP contribution is -2.66. The summed E-state index contributed by atoms with van der Waals surface area (Å²) in [6.45, 7) is 7.25. The van der Waals surface area contributed by atoms with E-state index in [1.807, 2.05) is 6.92 Å². The summed E-state index contributed by atoms with van der Waals surface area (Å²) in [5, 5.41) is 23.2. The van der Waals surface area contributed by atoms with E-state index in [9.17, 15) is 19.8 Å². The molecule has 0 heterocycles. The molecule has 0 spiro atoms. The first-order valence-electron chi connectivity index (χ1n) is 10.8. The summed E-state index contributed by atoms with van der Waals surface area (Å²) < 4.78 is 5.47. The number of allylic oxidation sites excluding steroid dienone is 1. The van der Waals surface area contributed by atoms with Crippen LogP contribution in [-0.2, 0) is 14.3 Å². The maximum Gasteiger partial charge on any atom is 0.302 e. The number of ether oxygens (including phenoxy) is 1. The molecule has 4 aliphatic rings. The number of ketones is 1. The largest absolute Gasteiger partial charge is 0.462 e. The number of esters is 1. The van der Waals surface area contributed by atoms with Gasteiger partial charge in [0.15, 0.2) is 0 Å². The third-order valence-electron chi connectivity index (χ3n) is 9.17. The first-order chi connectivity index (χ1) is 13.0. The number of carbonyl (C=O) groups excluding carboxylic acids is 2. The van der Waals surface area contributed by atoms with Crippen LogP contribution in [0.5, 0.6) is 0 Å². The molecular weight excluding hydrogens is 356 g/mol. The van der Waals surface area contributed by atoms with Gasteiger partial charge in [0, 0.05) is 24.7 Å². The van der Waals surface area contributed by atoms with Crippen LogP contribution in [0.1, 0.15) is 72.6 Å². The predicted octanol–water partition coefficient (Wildman–Crippen LogP) is 3.17. The van der Waals surface area contributed by atoms with Crippen LogP contribution in [0.25, 0.3) is 0 Å². The summed E-state index contributed by atoms with van der Waals surface area (Å²) in [6, 6.07) is 0. The van der Waals surface area contributed by atoms with E-state index in [4.69, 9.17) is 4.74 Å². The highest BCUT2D eigenvalue weighted by Gasteiger charge is 2.70. The van der Waals surface area contributed by atoms with Gasteiger partial charge in [0.1, 0.15) is 11.9 Å². The Morgan fingerprint density at radius 2 is 1.86 bits per heavy atom. The average Bonchev–Trinajstić information content (AvgIpc) is 2.89. The van der Waals surface area contributed by atoms with Crippen molar-refractivity contribution in [2.75, 3.05) is 0 Å². The Morgan fingerprint density at radius 3 is 2.50 bits per heavy atom. The zero-order valence-corrected chi connectivity index (χ0v) is 17.5. The van der Waals surface area contributed by atoms with Gasteiger partial charge in [-0.25, -0.2) is 0 Å². The Hall–Kier alpha value is -1.20. The number of carbonyl (C=O) groups is 2. The molecule has 0 amide bonds. The number of aliphatic hydroxyl groups excluding tert-OH is 1. The van der Waals surface area contributed by atoms with Crippen molar-refractivity contribution < 1.29 is 24.5 Å². The molecule has 3 saturated carbocycles. The van der Waals surface area contributed by atoms with E-state index in [1.165, 1.54) is 12.5 Å². The van der Waals surface area contributed by atoms with Crippen LogP contribution in [-0.4, -0.2) is 39.8 Å². The first-order valence-corrected chi connectivity index (χ1v) is 10.8. The summed E-state index contributed by atoms with van der Waals surface area (Å²) in [4.78, 5) is 23.7. The van der Waals surface area contributed by atoms with Crippen molar-refractivity contribution in [3.8, 4) is 0 Å². The second-order valence-corrected chi connectivity index (χ2v) is 10.2. The molecule has 0 aromatic carbocycles. The summed E-state index contributed by atoms with van der Waals surface area (Å²) in [5.41, 5.74) is -0.557. The minimum atomic E-state index is -1.01. The van der Waals surface area contributed by atoms with Crippen LogP contribution in [0.15, 0.2) is 11.6 Å². The molecule has 5 nitrogen and oxygen atoms in total.